The molecule has 1 aliphatic rings. The summed E-state index contributed by atoms with van der Waals surface area (Å²) in [6.07, 6.45) is 2.19. The van der Waals surface area contributed by atoms with Crippen LogP contribution in [-0.2, 0) is 4.79 Å². The number of carbonyl (C=O) groups is 2. The third-order valence-corrected chi connectivity index (χ3v) is 2.71. The van der Waals surface area contributed by atoms with Gasteiger partial charge < -0.3 is 16.0 Å². The van der Waals surface area contributed by atoms with Gasteiger partial charge in [0.25, 0.3) is 0 Å². The van der Waals surface area contributed by atoms with E-state index in [9.17, 15) is 9.59 Å². The van der Waals surface area contributed by atoms with Crippen LogP contribution in [0.5, 0.6) is 0 Å². The molecule has 2 unspecified atom stereocenters. The number of hydrogen-bond acceptors (Lipinski definition) is 2. The van der Waals surface area contributed by atoms with Gasteiger partial charge in [-0.05, 0) is 25.7 Å². The van der Waals surface area contributed by atoms with E-state index in [-0.39, 0.29) is 6.03 Å². The molecule has 86 valence electrons. The highest BCUT2D eigenvalue weighted by atomic mass is 16.2. The van der Waals surface area contributed by atoms with Crippen molar-refractivity contribution in [1.29, 1.82) is 0 Å². The molecule has 2 atom stereocenters. The molecule has 0 aromatic carbocycles. The zero-order valence-electron chi connectivity index (χ0n) is 9.32. The number of amides is 3. The smallest absolute Gasteiger partial charge is 0.318 e. The van der Waals surface area contributed by atoms with Gasteiger partial charge in [0.1, 0.15) is 6.04 Å². The lowest BCUT2D eigenvalue weighted by Gasteiger charge is -2.31. The third kappa shape index (κ3) is 3.42. The number of rotatable bonds is 2. The van der Waals surface area contributed by atoms with Crippen LogP contribution in [0.3, 0.4) is 0 Å². The summed E-state index contributed by atoms with van der Waals surface area (Å²) in [4.78, 5) is 24.2. The quantitative estimate of drug-likeness (QED) is 0.692. The molecule has 0 saturated carbocycles. The number of likely N-dealkylation sites (tertiary alicyclic amines) is 1. The Hall–Kier alpha value is -1.26. The number of nitrogens with two attached hydrogens (primary N) is 1. The summed E-state index contributed by atoms with van der Waals surface area (Å²) in [5, 5.41) is 2.58. The van der Waals surface area contributed by atoms with E-state index in [0.717, 1.165) is 25.9 Å². The second kappa shape index (κ2) is 5.00. The summed E-state index contributed by atoms with van der Waals surface area (Å²) in [6.45, 7) is 5.24. The van der Waals surface area contributed by atoms with Crippen LogP contribution >= 0.6 is 0 Å². The minimum absolute atomic E-state index is 0.187. The van der Waals surface area contributed by atoms with E-state index < -0.39 is 11.9 Å². The molecule has 15 heavy (non-hydrogen) atoms. The molecular weight excluding hydrogens is 194 g/mol. The topological polar surface area (TPSA) is 75.4 Å². The number of urea groups is 1. The molecule has 1 aliphatic heterocycles. The highest BCUT2D eigenvalue weighted by Crippen LogP contribution is 2.15. The van der Waals surface area contributed by atoms with Crippen molar-refractivity contribution in [1.82, 2.24) is 10.2 Å². The van der Waals surface area contributed by atoms with Gasteiger partial charge in [0.05, 0.1) is 0 Å². The second-order valence-electron chi connectivity index (χ2n) is 4.27. The van der Waals surface area contributed by atoms with Crippen molar-refractivity contribution in [3.05, 3.63) is 0 Å². The highest BCUT2D eigenvalue weighted by molar-refractivity contribution is 5.85. The maximum absolute atomic E-state index is 11.7. The molecule has 5 heteroatoms. The van der Waals surface area contributed by atoms with Crippen LogP contribution < -0.4 is 11.1 Å². The number of nitrogens with zero attached hydrogens (tertiary/aromatic N) is 1. The van der Waals surface area contributed by atoms with Crippen LogP contribution in [0.15, 0.2) is 0 Å². The fourth-order valence-corrected chi connectivity index (χ4v) is 1.72. The molecule has 3 amide bonds. The van der Waals surface area contributed by atoms with Gasteiger partial charge in [-0.15, -0.1) is 0 Å². The Labute approximate surface area is 90.0 Å². The van der Waals surface area contributed by atoms with Gasteiger partial charge in [-0.2, -0.15) is 0 Å². The lowest BCUT2D eigenvalue weighted by atomic mass is 10.0. The van der Waals surface area contributed by atoms with Crippen molar-refractivity contribution < 1.29 is 9.59 Å². The van der Waals surface area contributed by atoms with E-state index in [1.807, 2.05) is 0 Å². The molecule has 5 nitrogen and oxygen atoms in total. The average Bonchev–Trinajstić information content (AvgIpc) is 2.17. The van der Waals surface area contributed by atoms with Gasteiger partial charge in [0.2, 0.25) is 5.91 Å². The number of carbonyl (C=O) groups excluding carboxylic acids is 2. The van der Waals surface area contributed by atoms with Gasteiger partial charge in [0, 0.05) is 13.1 Å². The van der Waals surface area contributed by atoms with E-state index >= 15 is 0 Å². The molecule has 1 rings (SSSR count). The fraction of sp³-hybridized carbons (Fsp3) is 0.800. The van der Waals surface area contributed by atoms with Crippen LogP contribution in [0.1, 0.15) is 26.7 Å². The van der Waals surface area contributed by atoms with Gasteiger partial charge in [-0.1, -0.05) is 6.92 Å². The van der Waals surface area contributed by atoms with Crippen molar-refractivity contribution in [2.24, 2.45) is 11.7 Å². The first-order valence-electron chi connectivity index (χ1n) is 5.35. The predicted molar refractivity (Wildman–Crippen MR) is 57.2 cm³/mol. The third-order valence-electron chi connectivity index (χ3n) is 2.71. The largest absolute Gasteiger partial charge is 0.368 e. The Morgan fingerprint density at radius 3 is 2.73 bits per heavy atom. The van der Waals surface area contributed by atoms with Gasteiger partial charge >= 0.3 is 6.03 Å². The molecule has 1 saturated heterocycles. The van der Waals surface area contributed by atoms with E-state index in [0.29, 0.717) is 5.92 Å². The first kappa shape index (κ1) is 11.8. The van der Waals surface area contributed by atoms with Gasteiger partial charge in [-0.3, -0.25) is 4.79 Å². The molecular formula is C10H19N3O2. The van der Waals surface area contributed by atoms with Gasteiger partial charge in [-0.25, -0.2) is 4.79 Å². The highest BCUT2D eigenvalue weighted by Gasteiger charge is 2.22. The van der Waals surface area contributed by atoms with Crippen molar-refractivity contribution >= 4 is 11.9 Å². The zero-order chi connectivity index (χ0) is 11.4. The number of nitrogens with one attached hydrogen (secondary N) is 1. The minimum Gasteiger partial charge on any atom is -0.368 e. The van der Waals surface area contributed by atoms with Crippen LogP contribution in [0, 0.1) is 5.92 Å². The summed E-state index contributed by atoms with van der Waals surface area (Å²) in [5.74, 6) is 0.0294. The lowest BCUT2D eigenvalue weighted by molar-refractivity contribution is -0.119. The van der Waals surface area contributed by atoms with E-state index in [2.05, 4.69) is 12.2 Å². The Morgan fingerprint density at radius 1 is 1.53 bits per heavy atom. The molecule has 3 N–H and O–H groups in total. The van der Waals surface area contributed by atoms with Crippen molar-refractivity contribution in [2.75, 3.05) is 13.1 Å². The summed E-state index contributed by atoms with van der Waals surface area (Å²) in [7, 11) is 0. The number of primary amides is 1. The summed E-state index contributed by atoms with van der Waals surface area (Å²) in [5.41, 5.74) is 5.07. The monoisotopic (exact) mass is 213 g/mol. The van der Waals surface area contributed by atoms with Crippen LogP contribution in [0.25, 0.3) is 0 Å². The van der Waals surface area contributed by atoms with Crippen LogP contribution in [0.2, 0.25) is 0 Å². The normalized spacial score (nSPS) is 23.3. The number of hydrogen-bond donors (Lipinski definition) is 2. The standard InChI is InChI=1S/C10H19N3O2/c1-7-4-3-5-13(6-7)10(15)12-8(2)9(11)14/h7-8H,3-6H2,1-2H3,(H2,11,14)(H,12,15). The molecule has 0 aliphatic carbocycles. The zero-order valence-corrected chi connectivity index (χ0v) is 9.32. The first-order chi connectivity index (χ1) is 7.00. The molecule has 0 aromatic rings. The Bertz CT molecular complexity index is 255. The van der Waals surface area contributed by atoms with E-state index in [4.69, 9.17) is 5.73 Å². The van der Waals surface area contributed by atoms with E-state index in [1.165, 1.54) is 0 Å². The molecule has 1 fully saturated rings. The Balaban J connectivity index is 2.42. The maximum atomic E-state index is 11.7. The molecule has 0 radical (unpaired) electrons. The molecule has 0 spiro atoms. The Morgan fingerprint density at radius 2 is 2.20 bits per heavy atom. The van der Waals surface area contributed by atoms with Crippen LogP contribution in [-0.4, -0.2) is 36.0 Å². The fourth-order valence-electron chi connectivity index (χ4n) is 1.72. The van der Waals surface area contributed by atoms with Gasteiger partial charge in [0.15, 0.2) is 0 Å². The Kier molecular flexibility index (Phi) is 3.94. The first-order valence-corrected chi connectivity index (χ1v) is 5.35. The lowest BCUT2D eigenvalue weighted by Crippen LogP contribution is -2.50. The molecule has 0 aromatic heterocycles. The minimum atomic E-state index is -0.602. The second-order valence-corrected chi connectivity index (χ2v) is 4.27. The summed E-state index contributed by atoms with van der Waals surface area (Å²) < 4.78 is 0. The van der Waals surface area contributed by atoms with Crippen LogP contribution in [0.4, 0.5) is 4.79 Å². The molecule has 1 heterocycles. The average molecular weight is 213 g/mol. The van der Waals surface area contributed by atoms with Crippen molar-refractivity contribution in [3.63, 3.8) is 0 Å². The van der Waals surface area contributed by atoms with Crippen molar-refractivity contribution in [3.8, 4) is 0 Å². The predicted octanol–water partition coefficient (Wildman–Crippen LogP) is 0.302. The summed E-state index contributed by atoms with van der Waals surface area (Å²) >= 11 is 0. The molecule has 0 bridgehead atoms. The van der Waals surface area contributed by atoms with E-state index in [1.54, 1.807) is 11.8 Å². The number of piperidine rings is 1. The maximum Gasteiger partial charge on any atom is 0.318 e. The van der Waals surface area contributed by atoms with Crippen molar-refractivity contribution in [2.45, 2.75) is 32.7 Å². The SMILES string of the molecule is CC1CCCN(C(=O)NC(C)C(N)=O)C1. The summed E-state index contributed by atoms with van der Waals surface area (Å²) in [6, 6.07) is -0.789.